The Labute approximate surface area is 165 Å². The van der Waals surface area contributed by atoms with Gasteiger partial charge in [0, 0.05) is 6.20 Å². The van der Waals surface area contributed by atoms with Crippen molar-refractivity contribution in [3.63, 3.8) is 0 Å². The monoisotopic (exact) mass is 411 g/mol. The highest BCUT2D eigenvalue weighted by atomic mass is 35.5. The Balaban J connectivity index is 1.63. The number of aromatic nitrogens is 4. The maximum Gasteiger partial charge on any atom is 0.246 e. The van der Waals surface area contributed by atoms with Gasteiger partial charge in [0.25, 0.3) is 0 Å². The van der Waals surface area contributed by atoms with Gasteiger partial charge in [-0.25, -0.2) is 0 Å². The number of benzene rings is 1. The van der Waals surface area contributed by atoms with Gasteiger partial charge in [0.1, 0.15) is 6.54 Å². The van der Waals surface area contributed by atoms with Crippen LogP contribution in [0, 0.1) is 13.8 Å². The number of nitrogens with one attached hydrogen (secondary N) is 1. The molecule has 1 aromatic carbocycles. The number of amides is 1. The number of hydrogen-bond acceptors (Lipinski definition) is 3. The first-order chi connectivity index (χ1) is 12.3. The van der Waals surface area contributed by atoms with Crippen molar-refractivity contribution in [3.8, 4) is 0 Å². The van der Waals surface area contributed by atoms with E-state index in [2.05, 4.69) is 15.5 Å². The first-order valence-corrected chi connectivity index (χ1v) is 8.92. The van der Waals surface area contributed by atoms with Crippen molar-refractivity contribution in [3.05, 3.63) is 62.6 Å². The molecule has 3 aromatic rings. The van der Waals surface area contributed by atoms with E-state index in [0.717, 1.165) is 11.3 Å². The zero-order chi connectivity index (χ0) is 18.8. The second kappa shape index (κ2) is 7.70. The van der Waals surface area contributed by atoms with Crippen LogP contribution in [0.2, 0.25) is 15.1 Å². The summed E-state index contributed by atoms with van der Waals surface area (Å²) in [6.45, 7) is 4.22. The van der Waals surface area contributed by atoms with Crippen LogP contribution >= 0.6 is 34.8 Å². The highest BCUT2D eigenvalue weighted by molar-refractivity contribution is 6.42. The van der Waals surface area contributed by atoms with Gasteiger partial charge in [-0.3, -0.25) is 14.2 Å². The molecule has 1 N–H and O–H groups in total. The first-order valence-electron chi connectivity index (χ1n) is 7.79. The lowest BCUT2D eigenvalue weighted by Gasteiger charge is -2.05. The highest BCUT2D eigenvalue weighted by Gasteiger charge is 2.13. The fraction of sp³-hybridized carbons (Fsp3) is 0.235. The van der Waals surface area contributed by atoms with Crippen LogP contribution in [0.4, 0.5) is 5.69 Å². The van der Waals surface area contributed by atoms with Crippen LogP contribution < -0.4 is 5.32 Å². The molecular formula is C17H16Cl3N5O. The predicted molar refractivity (Wildman–Crippen MR) is 103 cm³/mol. The second-order valence-corrected chi connectivity index (χ2v) is 7.06. The molecule has 0 spiro atoms. The molecule has 3 rings (SSSR count). The topological polar surface area (TPSA) is 64.7 Å². The van der Waals surface area contributed by atoms with Gasteiger partial charge in [-0.2, -0.15) is 10.2 Å². The average molecular weight is 413 g/mol. The molecule has 0 aliphatic rings. The van der Waals surface area contributed by atoms with E-state index in [9.17, 15) is 4.79 Å². The molecule has 9 heteroatoms. The van der Waals surface area contributed by atoms with Crippen molar-refractivity contribution < 1.29 is 4.79 Å². The smallest absolute Gasteiger partial charge is 0.246 e. The molecule has 0 aliphatic carbocycles. The van der Waals surface area contributed by atoms with Gasteiger partial charge in [-0.05, 0) is 31.5 Å². The molecule has 0 radical (unpaired) electrons. The van der Waals surface area contributed by atoms with E-state index in [-0.39, 0.29) is 12.5 Å². The minimum atomic E-state index is -0.207. The summed E-state index contributed by atoms with van der Waals surface area (Å²) < 4.78 is 3.28. The third-order valence-electron chi connectivity index (χ3n) is 3.83. The van der Waals surface area contributed by atoms with Crippen LogP contribution in [0.25, 0.3) is 0 Å². The zero-order valence-corrected chi connectivity index (χ0v) is 16.4. The molecule has 0 fully saturated rings. The predicted octanol–water partition coefficient (Wildman–Crippen LogP) is 4.34. The Morgan fingerprint density at radius 1 is 1.19 bits per heavy atom. The van der Waals surface area contributed by atoms with E-state index in [1.165, 1.54) is 0 Å². The fourth-order valence-electron chi connectivity index (χ4n) is 2.51. The third kappa shape index (κ3) is 4.20. The number of rotatable bonds is 5. The summed E-state index contributed by atoms with van der Waals surface area (Å²) in [6, 6.07) is 5.40. The van der Waals surface area contributed by atoms with Crippen LogP contribution in [0.3, 0.4) is 0 Å². The lowest BCUT2D eigenvalue weighted by atomic mass is 10.2. The Hall–Kier alpha value is -2.02. The minimum absolute atomic E-state index is 0.0807. The van der Waals surface area contributed by atoms with E-state index in [1.54, 1.807) is 40.8 Å². The van der Waals surface area contributed by atoms with Crippen LogP contribution in [0.15, 0.2) is 30.6 Å². The summed E-state index contributed by atoms with van der Waals surface area (Å²) in [7, 11) is 0. The second-order valence-electron chi connectivity index (χ2n) is 5.87. The van der Waals surface area contributed by atoms with E-state index < -0.39 is 0 Å². The fourth-order valence-corrected chi connectivity index (χ4v) is 2.96. The Kier molecular flexibility index (Phi) is 5.55. The molecule has 0 aliphatic heterocycles. The highest BCUT2D eigenvalue weighted by Crippen LogP contribution is 2.23. The molecule has 0 bridgehead atoms. The standard InChI is InChI=1S/C17H16Cl3N5O/c1-10-17(20)11(2)25(23-10)9-16(26)22-13-6-21-24(8-13)7-12-3-4-14(18)15(19)5-12/h3-6,8H,7,9H2,1-2H3,(H,22,26). The van der Waals surface area contributed by atoms with E-state index >= 15 is 0 Å². The summed E-state index contributed by atoms with van der Waals surface area (Å²) in [5, 5.41) is 12.9. The zero-order valence-electron chi connectivity index (χ0n) is 14.1. The van der Waals surface area contributed by atoms with Gasteiger partial charge in [-0.1, -0.05) is 40.9 Å². The molecule has 0 unspecified atom stereocenters. The Morgan fingerprint density at radius 2 is 1.96 bits per heavy atom. The molecule has 1 amide bonds. The summed E-state index contributed by atoms with van der Waals surface area (Å²) in [6.07, 6.45) is 3.33. The van der Waals surface area contributed by atoms with Gasteiger partial charge in [0.05, 0.1) is 44.9 Å². The van der Waals surface area contributed by atoms with Crippen molar-refractivity contribution in [2.75, 3.05) is 5.32 Å². The van der Waals surface area contributed by atoms with E-state index in [0.29, 0.717) is 33.0 Å². The SMILES string of the molecule is Cc1nn(CC(=O)Nc2cnn(Cc3ccc(Cl)c(Cl)c3)c2)c(C)c1Cl. The molecule has 2 heterocycles. The van der Waals surface area contributed by atoms with Gasteiger partial charge < -0.3 is 5.32 Å². The number of carbonyl (C=O) groups is 1. The first kappa shape index (κ1) is 18.8. The molecular weight excluding hydrogens is 397 g/mol. The number of aryl methyl sites for hydroxylation is 1. The number of anilines is 1. The van der Waals surface area contributed by atoms with Crippen molar-refractivity contribution >= 4 is 46.4 Å². The number of halogens is 3. The normalized spacial score (nSPS) is 11.0. The van der Waals surface area contributed by atoms with E-state index in [4.69, 9.17) is 34.8 Å². The molecule has 136 valence electrons. The quantitative estimate of drug-likeness (QED) is 0.678. The van der Waals surface area contributed by atoms with Gasteiger partial charge >= 0.3 is 0 Å². The largest absolute Gasteiger partial charge is 0.322 e. The van der Waals surface area contributed by atoms with Crippen LogP contribution in [-0.2, 0) is 17.9 Å². The van der Waals surface area contributed by atoms with Crippen LogP contribution in [0.1, 0.15) is 17.0 Å². The molecule has 0 saturated carbocycles. The maximum absolute atomic E-state index is 12.2. The summed E-state index contributed by atoms with van der Waals surface area (Å²) in [5.41, 5.74) is 3.02. The lowest BCUT2D eigenvalue weighted by molar-refractivity contribution is -0.116. The Bertz CT molecular complexity index is 963. The molecule has 0 atom stereocenters. The molecule has 0 saturated heterocycles. The third-order valence-corrected chi connectivity index (χ3v) is 5.12. The van der Waals surface area contributed by atoms with Crippen molar-refractivity contribution in [2.45, 2.75) is 26.9 Å². The van der Waals surface area contributed by atoms with E-state index in [1.807, 2.05) is 13.0 Å². The van der Waals surface area contributed by atoms with Crippen molar-refractivity contribution in [1.82, 2.24) is 19.6 Å². The number of nitrogens with zero attached hydrogens (tertiary/aromatic N) is 4. The Morgan fingerprint density at radius 3 is 2.62 bits per heavy atom. The lowest BCUT2D eigenvalue weighted by Crippen LogP contribution is -2.20. The minimum Gasteiger partial charge on any atom is -0.322 e. The van der Waals surface area contributed by atoms with Crippen LogP contribution in [0.5, 0.6) is 0 Å². The molecule has 2 aromatic heterocycles. The summed E-state index contributed by atoms with van der Waals surface area (Å²) in [4.78, 5) is 12.2. The summed E-state index contributed by atoms with van der Waals surface area (Å²) >= 11 is 18.0. The summed E-state index contributed by atoms with van der Waals surface area (Å²) in [5.74, 6) is -0.207. The molecule has 26 heavy (non-hydrogen) atoms. The van der Waals surface area contributed by atoms with Gasteiger partial charge in [-0.15, -0.1) is 0 Å². The number of hydrogen-bond donors (Lipinski definition) is 1. The van der Waals surface area contributed by atoms with Gasteiger partial charge in [0.15, 0.2) is 0 Å². The van der Waals surface area contributed by atoms with Crippen molar-refractivity contribution in [2.24, 2.45) is 0 Å². The average Bonchev–Trinajstić information content (AvgIpc) is 3.11. The van der Waals surface area contributed by atoms with Crippen LogP contribution in [-0.4, -0.2) is 25.5 Å². The number of carbonyl (C=O) groups excluding carboxylic acids is 1. The maximum atomic E-state index is 12.2. The van der Waals surface area contributed by atoms with Gasteiger partial charge in [0.2, 0.25) is 5.91 Å². The molecule has 6 nitrogen and oxygen atoms in total. The van der Waals surface area contributed by atoms with Crippen molar-refractivity contribution in [1.29, 1.82) is 0 Å².